The van der Waals surface area contributed by atoms with E-state index in [1.807, 2.05) is 13.0 Å². The van der Waals surface area contributed by atoms with Crippen molar-refractivity contribution in [2.75, 3.05) is 18.8 Å². The van der Waals surface area contributed by atoms with E-state index in [-0.39, 0.29) is 0 Å². The maximum Gasteiger partial charge on any atom is 0.165 e. The Morgan fingerprint density at radius 3 is 2.79 bits per heavy atom. The second-order valence-electron chi connectivity index (χ2n) is 5.53. The monoisotopic (exact) mass is 360 g/mol. The predicted octanol–water partition coefficient (Wildman–Crippen LogP) is 2.94. The number of aryl methyl sites for hydroxylation is 1. The van der Waals surface area contributed by atoms with Gasteiger partial charge in [-0.15, -0.1) is 0 Å². The van der Waals surface area contributed by atoms with E-state index < -0.39 is 0 Å². The summed E-state index contributed by atoms with van der Waals surface area (Å²) < 4.78 is 1.63. The fourth-order valence-corrected chi connectivity index (χ4v) is 3.38. The number of halogens is 2. The number of nitrogens with one attached hydrogen (secondary N) is 1. The second-order valence-corrected chi connectivity index (χ2v) is 6.38. The zero-order chi connectivity index (χ0) is 16.8. The summed E-state index contributed by atoms with van der Waals surface area (Å²) in [6, 6.07) is 5.36. The summed E-state index contributed by atoms with van der Waals surface area (Å²) in [5.41, 5.74) is 10.2. The van der Waals surface area contributed by atoms with Gasteiger partial charge < -0.3 is 11.1 Å². The molecule has 2 aromatic heterocycles. The van der Waals surface area contributed by atoms with E-state index in [1.54, 1.807) is 22.8 Å². The van der Waals surface area contributed by atoms with Crippen LogP contribution in [0.15, 0.2) is 29.4 Å². The van der Waals surface area contributed by atoms with Crippen molar-refractivity contribution in [2.24, 2.45) is 4.99 Å². The molecule has 0 aliphatic carbocycles. The first-order valence-corrected chi connectivity index (χ1v) is 8.20. The highest BCUT2D eigenvalue weighted by atomic mass is 35.5. The van der Waals surface area contributed by atoms with E-state index in [2.05, 4.69) is 20.4 Å². The summed E-state index contributed by atoms with van der Waals surface area (Å²) in [7, 11) is 0. The van der Waals surface area contributed by atoms with Gasteiger partial charge in [0.15, 0.2) is 5.65 Å². The molecule has 0 radical (unpaired) electrons. The molecule has 0 unspecified atom stereocenters. The molecule has 1 aliphatic heterocycles. The average molecular weight is 361 g/mol. The molecule has 1 aliphatic rings. The average Bonchev–Trinajstić information content (AvgIpc) is 3.17. The van der Waals surface area contributed by atoms with E-state index in [9.17, 15) is 0 Å². The maximum absolute atomic E-state index is 6.36. The van der Waals surface area contributed by atoms with Crippen LogP contribution in [0.1, 0.15) is 11.3 Å². The summed E-state index contributed by atoms with van der Waals surface area (Å²) >= 11 is 12.4. The fourth-order valence-electron chi connectivity index (χ4n) is 2.88. The van der Waals surface area contributed by atoms with Gasteiger partial charge in [-0.1, -0.05) is 29.3 Å². The first-order valence-electron chi connectivity index (χ1n) is 7.44. The van der Waals surface area contributed by atoms with Crippen LogP contribution in [0.5, 0.6) is 0 Å². The second kappa shape index (κ2) is 5.65. The number of nitrogens with zero attached hydrogens (tertiary/aromatic N) is 4. The fraction of sp³-hybridized carbons (Fsp3) is 0.188. The van der Waals surface area contributed by atoms with Gasteiger partial charge in [0.2, 0.25) is 0 Å². The highest BCUT2D eigenvalue weighted by Crippen LogP contribution is 2.35. The minimum absolute atomic E-state index is 0.493. The van der Waals surface area contributed by atoms with Crippen LogP contribution < -0.4 is 11.1 Å². The van der Waals surface area contributed by atoms with Crippen LogP contribution >= 0.6 is 23.2 Å². The maximum atomic E-state index is 6.36. The van der Waals surface area contributed by atoms with Crippen LogP contribution in [0, 0.1) is 6.92 Å². The van der Waals surface area contributed by atoms with Crippen molar-refractivity contribution in [3.63, 3.8) is 0 Å². The molecule has 0 saturated carbocycles. The number of hydrogen-bond acceptors (Lipinski definition) is 5. The van der Waals surface area contributed by atoms with Crippen LogP contribution in [-0.4, -0.2) is 33.5 Å². The topological polar surface area (TPSA) is 80.6 Å². The molecule has 122 valence electrons. The Morgan fingerprint density at radius 1 is 1.25 bits per heavy atom. The third-order valence-corrected chi connectivity index (χ3v) is 4.53. The molecule has 0 atom stereocenters. The summed E-state index contributed by atoms with van der Waals surface area (Å²) in [5.74, 6) is 1.24. The minimum Gasteiger partial charge on any atom is -0.383 e. The molecule has 0 saturated heterocycles. The molecular weight excluding hydrogens is 347 g/mol. The van der Waals surface area contributed by atoms with E-state index in [4.69, 9.17) is 28.9 Å². The SMILES string of the molecule is Cc1nn2c(N)c(C3=NCCN3)cnc2c1-c1ccc(Cl)cc1Cl. The smallest absolute Gasteiger partial charge is 0.165 e. The molecule has 4 rings (SSSR count). The van der Waals surface area contributed by atoms with Gasteiger partial charge in [0, 0.05) is 23.3 Å². The van der Waals surface area contributed by atoms with Crippen molar-refractivity contribution >= 4 is 40.5 Å². The minimum atomic E-state index is 0.493. The highest BCUT2D eigenvalue weighted by molar-refractivity contribution is 6.36. The predicted molar refractivity (Wildman–Crippen MR) is 97.0 cm³/mol. The van der Waals surface area contributed by atoms with Gasteiger partial charge in [0.25, 0.3) is 0 Å². The molecule has 3 N–H and O–H groups in total. The Kier molecular flexibility index (Phi) is 3.58. The van der Waals surface area contributed by atoms with E-state index >= 15 is 0 Å². The van der Waals surface area contributed by atoms with Gasteiger partial charge in [-0.25, -0.2) is 4.98 Å². The molecule has 6 nitrogen and oxygen atoms in total. The number of aliphatic imine (C=N–C) groups is 1. The lowest BCUT2D eigenvalue weighted by molar-refractivity contribution is 0.923. The number of hydrogen-bond donors (Lipinski definition) is 2. The number of anilines is 1. The van der Waals surface area contributed by atoms with Crippen LogP contribution in [0.25, 0.3) is 16.8 Å². The molecule has 8 heteroatoms. The van der Waals surface area contributed by atoms with Crippen LogP contribution in [0.2, 0.25) is 10.0 Å². The van der Waals surface area contributed by atoms with E-state index in [0.29, 0.717) is 21.5 Å². The lowest BCUT2D eigenvalue weighted by Crippen LogP contribution is -2.22. The first-order chi connectivity index (χ1) is 11.6. The third-order valence-electron chi connectivity index (χ3n) is 3.99. The normalized spacial score (nSPS) is 14.0. The lowest BCUT2D eigenvalue weighted by Gasteiger charge is -2.08. The number of fused-ring (bicyclic) bond motifs is 1. The summed E-state index contributed by atoms with van der Waals surface area (Å²) in [6.45, 7) is 3.44. The van der Waals surface area contributed by atoms with E-state index in [0.717, 1.165) is 41.3 Å². The van der Waals surface area contributed by atoms with Gasteiger partial charge >= 0.3 is 0 Å². The van der Waals surface area contributed by atoms with Crippen molar-refractivity contribution in [2.45, 2.75) is 6.92 Å². The molecule has 3 heterocycles. The standard InChI is InChI=1S/C16H14Cl2N6/c1-8-13(10-3-2-9(17)6-12(10)18)16-22-7-11(14(19)24(16)23-8)15-20-4-5-21-15/h2-3,6-7H,4-5,19H2,1H3,(H,20,21). The number of benzene rings is 1. The first kappa shape index (κ1) is 15.2. The molecule has 1 aromatic carbocycles. The van der Waals surface area contributed by atoms with Crippen molar-refractivity contribution < 1.29 is 0 Å². The zero-order valence-electron chi connectivity index (χ0n) is 12.8. The molecule has 0 bridgehead atoms. The van der Waals surface area contributed by atoms with Crippen LogP contribution in [0.4, 0.5) is 5.82 Å². The number of aromatic nitrogens is 3. The largest absolute Gasteiger partial charge is 0.383 e. The third kappa shape index (κ3) is 2.30. The molecule has 0 amide bonds. The quantitative estimate of drug-likeness (QED) is 0.736. The van der Waals surface area contributed by atoms with Gasteiger partial charge in [-0.05, 0) is 19.1 Å². The van der Waals surface area contributed by atoms with Gasteiger partial charge in [0.05, 0.1) is 28.4 Å². The Bertz CT molecular complexity index is 992. The van der Waals surface area contributed by atoms with Gasteiger partial charge in [0.1, 0.15) is 11.7 Å². The van der Waals surface area contributed by atoms with Gasteiger partial charge in [-0.3, -0.25) is 4.99 Å². The van der Waals surface area contributed by atoms with Crippen molar-refractivity contribution in [1.82, 2.24) is 19.9 Å². The molecule has 0 spiro atoms. The van der Waals surface area contributed by atoms with E-state index in [1.165, 1.54) is 0 Å². The molecule has 0 fully saturated rings. The number of rotatable bonds is 2. The van der Waals surface area contributed by atoms with Gasteiger partial charge in [-0.2, -0.15) is 9.61 Å². The molecule has 24 heavy (non-hydrogen) atoms. The number of nitrogen functional groups attached to an aromatic ring is 1. The molecule has 3 aromatic rings. The summed E-state index contributed by atoms with van der Waals surface area (Å²) in [4.78, 5) is 8.95. The Hall–Kier alpha value is -2.31. The number of amidine groups is 1. The Balaban J connectivity index is 1.95. The van der Waals surface area contributed by atoms with Crippen LogP contribution in [0.3, 0.4) is 0 Å². The Morgan fingerprint density at radius 2 is 2.08 bits per heavy atom. The lowest BCUT2D eigenvalue weighted by atomic mass is 10.1. The summed E-state index contributed by atoms with van der Waals surface area (Å²) in [6.07, 6.45) is 1.72. The Labute approximate surface area is 148 Å². The molecular formula is C16H14Cl2N6. The number of nitrogens with two attached hydrogens (primary N) is 1. The zero-order valence-corrected chi connectivity index (χ0v) is 14.4. The van der Waals surface area contributed by atoms with Crippen molar-refractivity contribution in [3.05, 3.63) is 45.7 Å². The summed E-state index contributed by atoms with van der Waals surface area (Å²) in [5, 5.41) is 8.87. The van der Waals surface area contributed by atoms with Crippen LogP contribution in [-0.2, 0) is 0 Å². The van der Waals surface area contributed by atoms with Crippen molar-refractivity contribution in [1.29, 1.82) is 0 Å². The van der Waals surface area contributed by atoms with Crippen molar-refractivity contribution in [3.8, 4) is 11.1 Å². The highest BCUT2D eigenvalue weighted by Gasteiger charge is 2.20.